The molecule has 4 heteroatoms. The van der Waals surface area contributed by atoms with Crippen molar-refractivity contribution >= 4 is 98.5 Å². The van der Waals surface area contributed by atoms with Gasteiger partial charge in [-0.1, -0.05) is 109 Å². The van der Waals surface area contributed by atoms with Crippen LogP contribution in [0.25, 0.3) is 64.0 Å². The number of anilines is 6. The molecule has 0 atom stereocenters. The zero-order chi connectivity index (χ0) is 38.4. The summed E-state index contributed by atoms with van der Waals surface area (Å²) in [5, 5.41) is 12.3. The number of hydrogen-bond donors (Lipinski definition) is 0. The van der Waals surface area contributed by atoms with E-state index in [0.717, 1.165) is 34.1 Å². The highest BCUT2D eigenvalue weighted by molar-refractivity contribution is 7.20. The van der Waals surface area contributed by atoms with Gasteiger partial charge in [0.1, 0.15) is 0 Å². The third-order valence-corrected chi connectivity index (χ3v) is 13.1. The van der Waals surface area contributed by atoms with Crippen LogP contribution in [-0.2, 0) is 0 Å². The van der Waals surface area contributed by atoms with Crippen LogP contribution in [-0.4, -0.2) is 0 Å². The minimum atomic E-state index is 1.12. The first-order chi connectivity index (χ1) is 28.8. The first-order valence-corrected chi connectivity index (χ1v) is 21.3. The van der Waals surface area contributed by atoms with E-state index >= 15 is 0 Å². The van der Waals surface area contributed by atoms with Gasteiger partial charge in [0, 0.05) is 65.1 Å². The molecule has 0 amide bonds. The van der Waals surface area contributed by atoms with Crippen LogP contribution in [0.2, 0.25) is 0 Å². The van der Waals surface area contributed by atoms with E-state index in [-0.39, 0.29) is 0 Å². The molecule has 0 aliphatic heterocycles. The minimum absolute atomic E-state index is 1.12. The van der Waals surface area contributed by atoms with E-state index in [4.69, 9.17) is 0 Å². The van der Waals surface area contributed by atoms with Crippen molar-refractivity contribution in [3.05, 3.63) is 217 Å². The summed E-state index contributed by atoms with van der Waals surface area (Å²) in [7, 11) is 0. The lowest BCUT2D eigenvalue weighted by atomic mass is 9.89. The van der Waals surface area contributed by atoms with Gasteiger partial charge in [0.15, 0.2) is 0 Å². The van der Waals surface area contributed by atoms with E-state index in [1.807, 2.05) is 22.7 Å². The first-order valence-electron chi connectivity index (χ1n) is 19.6. The molecule has 0 spiro atoms. The number of para-hydroxylation sites is 4. The van der Waals surface area contributed by atoms with E-state index in [0.29, 0.717) is 0 Å². The summed E-state index contributed by atoms with van der Waals surface area (Å²) in [5.41, 5.74) is 11.6. The predicted molar refractivity (Wildman–Crippen MR) is 252 cm³/mol. The lowest BCUT2D eigenvalue weighted by Gasteiger charge is -2.26. The second-order valence-electron chi connectivity index (χ2n) is 14.5. The van der Waals surface area contributed by atoms with E-state index in [1.54, 1.807) is 0 Å². The van der Waals surface area contributed by atoms with Crippen LogP contribution in [0.15, 0.2) is 217 Å². The number of nitrogens with zero attached hydrogens (tertiary/aromatic N) is 2. The molecule has 2 heterocycles. The molecule has 58 heavy (non-hydrogen) atoms. The summed E-state index contributed by atoms with van der Waals surface area (Å²) in [6, 6.07) is 74.8. The molecule has 9 aromatic carbocycles. The van der Waals surface area contributed by atoms with Crippen LogP contribution < -0.4 is 9.80 Å². The molecular weight excluding hydrogens is 741 g/mol. The Morgan fingerprint density at radius 2 is 0.569 bits per heavy atom. The Labute approximate surface area is 345 Å². The van der Waals surface area contributed by atoms with Crippen molar-refractivity contribution in [1.29, 1.82) is 0 Å². The predicted octanol–water partition coefficient (Wildman–Crippen LogP) is 16.7. The maximum Gasteiger partial charge on any atom is 0.0462 e. The van der Waals surface area contributed by atoms with Crippen LogP contribution in [0.5, 0.6) is 0 Å². The van der Waals surface area contributed by atoms with E-state index in [2.05, 4.69) is 227 Å². The zero-order valence-corrected chi connectivity index (χ0v) is 33.1. The summed E-state index contributed by atoms with van der Waals surface area (Å²) in [4.78, 5) is 4.64. The molecule has 0 radical (unpaired) electrons. The standard InChI is InChI=1S/C54H36N2S2/c1-5-13-39(14-6-1)55(40-15-7-2-8-16-40)43-25-21-37(22-26-43)45-29-30-46(50-36-52-51(35-49(45)50)53-47(31-33-57-53)48-32-34-58-54(48)52)38-23-27-44(28-24-38)56(41-17-9-3-10-18-41)42-19-11-4-12-20-42/h1-36H. The van der Waals surface area contributed by atoms with Crippen molar-refractivity contribution < 1.29 is 0 Å². The molecule has 2 aromatic heterocycles. The van der Waals surface area contributed by atoms with Crippen molar-refractivity contribution in [2.24, 2.45) is 0 Å². The topological polar surface area (TPSA) is 6.48 Å². The zero-order valence-electron chi connectivity index (χ0n) is 31.5. The van der Waals surface area contributed by atoms with Crippen molar-refractivity contribution in [3.8, 4) is 22.3 Å². The Bertz CT molecular complexity index is 2890. The highest BCUT2D eigenvalue weighted by atomic mass is 32.1. The average molecular weight is 777 g/mol. The average Bonchev–Trinajstić information content (AvgIpc) is 4.00. The van der Waals surface area contributed by atoms with Gasteiger partial charge >= 0.3 is 0 Å². The van der Waals surface area contributed by atoms with Gasteiger partial charge in [0.2, 0.25) is 0 Å². The van der Waals surface area contributed by atoms with E-state index in [1.165, 1.54) is 64.0 Å². The summed E-state index contributed by atoms with van der Waals surface area (Å²) >= 11 is 3.68. The summed E-state index contributed by atoms with van der Waals surface area (Å²) < 4.78 is 2.70. The fourth-order valence-corrected chi connectivity index (χ4v) is 10.4. The molecular formula is C54H36N2S2. The van der Waals surface area contributed by atoms with Crippen molar-refractivity contribution in [2.75, 3.05) is 9.80 Å². The van der Waals surface area contributed by atoms with Gasteiger partial charge in [0.25, 0.3) is 0 Å². The van der Waals surface area contributed by atoms with Crippen LogP contribution in [0.3, 0.4) is 0 Å². The maximum absolute atomic E-state index is 2.47. The largest absolute Gasteiger partial charge is 0.311 e. The Balaban J connectivity index is 1.08. The highest BCUT2D eigenvalue weighted by Gasteiger charge is 2.19. The van der Waals surface area contributed by atoms with Gasteiger partial charge in [-0.25, -0.2) is 0 Å². The van der Waals surface area contributed by atoms with Gasteiger partial charge in [-0.2, -0.15) is 0 Å². The molecule has 0 aliphatic carbocycles. The Hall–Kier alpha value is -6.98. The highest BCUT2D eigenvalue weighted by Crippen LogP contribution is 2.46. The molecule has 2 nitrogen and oxygen atoms in total. The Morgan fingerprint density at radius 1 is 0.259 bits per heavy atom. The first kappa shape index (κ1) is 34.3. The van der Waals surface area contributed by atoms with Crippen LogP contribution in [0, 0.1) is 0 Å². The fourth-order valence-electron chi connectivity index (χ4n) is 8.51. The summed E-state index contributed by atoms with van der Waals surface area (Å²) in [5.74, 6) is 0. The lowest BCUT2D eigenvalue weighted by Crippen LogP contribution is -2.09. The molecule has 0 aliphatic rings. The second-order valence-corrected chi connectivity index (χ2v) is 16.4. The Kier molecular flexibility index (Phi) is 8.58. The van der Waals surface area contributed by atoms with Crippen molar-refractivity contribution in [3.63, 3.8) is 0 Å². The van der Waals surface area contributed by atoms with Crippen LogP contribution >= 0.6 is 22.7 Å². The van der Waals surface area contributed by atoms with Gasteiger partial charge in [-0.15, -0.1) is 22.7 Å². The quantitative estimate of drug-likeness (QED) is 0.142. The molecule has 11 rings (SSSR count). The molecule has 0 saturated heterocycles. The van der Waals surface area contributed by atoms with Gasteiger partial charge in [-0.05, 0) is 141 Å². The molecule has 11 aromatic rings. The molecule has 0 bridgehead atoms. The SMILES string of the molecule is c1ccc(N(c2ccccc2)c2ccc(-c3ccc(-c4ccc(N(c5ccccc5)c5ccccc5)cc4)c4cc5c(cc34)c3sccc3c3ccsc35)cc2)cc1. The van der Waals surface area contributed by atoms with Crippen molar-refractivity contribution in [2.45, 2.75) is 0 Å². The number of thiophene rings is 2. The minimum Gasteiger partial charge on any atom is -0.311 e. The number of hydrogen-bond acceptors (Lipinski definition) is 4. The second kappa shape index (κ2) is 14.5. The number of rotatable bonds is 8. The van der Waals surface area contributed by atoms with Crippen LogP contribution in [0.1, 0.15) is 0 Å². The molecule has 274 valence electrons. The summed E-state index contributed by atoms with van der Waals surface area (Å²) in [6.45, 7) is 0. The van der Waals surface area contributed by atoms with Gasteiger partial charge < -0.3 is 9.80 Å². The van der Waals surface area contributed by atoms with Gasteiger partial charge in [-0.3, -0.25) is 0 Å². The smallest absolute Gasteiger partial charge is 0.0462 e. The molecule has 0 fully saturated rings. The molecule has 0 saturated carbocycles. The molecule has 0 N–H and O–H groups in total. The molecule has 0 unspecified atom stereocenters. The third-order valence-electron chi connectivity index (χ3n) is 11.2. The maximum atomic E-state index is 2.47. The van der Waals surface area contributed by atoms with E-state index in [9.17, 15) is 0 Å². The van der Waals surface area contributed by atoms with E-state index < -0.39 is 0 Å². The number of fused-ring (bicyclic) bond motifs is 7. The summed E-state index contributed by atoms with van der Waals surface area (Å²) in [6.07, 6.45) is 0. The van der Waals surface area contributed by atoms with Gasteiger partial charge in [0.05, 0.1) is 0 Å². The normalized spacial score (nSPS) is 11.4. The van der Waals surface area contributed by atoms with Crippen molar-refractivity contribution in [1.82, 2.24) is 0 Å². The Morgan fingerprint density at radius 3 is 0.897 bits per heavy atom. The fraction of sp³-hybridized carbons (Fsp3) is 0. The number of benzene rings is 9. The van der Waals surface area contributed by atoms with Crippen LogP contribution in [0.4, 0.5) is 34.1 Å². The lowest BCUT2D eigenvalue weighted by molar-refractivity contribution is 1.28. The third kappa shape index (κ3) is 5.93. The monoisotopic (exact) mass is 776 g/mol.